The second kappa shape index (κ2) is 4.21. The fourth-order valence-electron chi connectivity index (χ4n) is 1.55. The molecule has 0 fully saturated rings. The van der Waals surface area contributed by atoms with Crippen LogP contribution in [-0.4, -0.2) is 30.6 Å². The molecule has 0 bridgehead atoms. The molecule has 4 heteroatoms. The van der Waals surface area contributed by atoms with Crippen LogP contribution in [0.1, 0.15) is 12.5 Å². The minimum absolute atomic E-state index is 0.203. The van der Waals surface area contributed by atoms with Crippen LogP contribution in [0.25, 0.3) is 0 Å². The Morgan fingerprint density at radius 1 is 1.53 bits per heavy atom. The van der Waals surface area contributed by atoms with Crippen LogP contribution in [-0.2, 0) is 0 Å². The monoisotopic (exact) mass is 206 g/mol. The van der Waals surface area contributed by atoms with Gasteiger partial charge in [0.25, 0.3) is 0 Å². The van der Waals surface area contributed by atoms with Gasteiger partial charge in [0.1, 0.15) is 17.3 Å². The lowest BCUT2D eigenvalue weighted by Crippen LogP contribution is -2.19. The maximum absolute atomic E-state index is 9.78. The molecule has 0 aromatic heterocycles. The minimum atomic E-state index is 0.203. The third-order valence-electron chi connectivity index (χ3n) is 2.21. The van der Waals surface area contributed by atoms with E-state index in [1.807, 2.05) is 19.1 Å². The van der Waals surface area contributed by atoms with Crippen LogP contribution in [0.4, 0.5) is 0 Å². The Bertz CT molecular complexity index is 388. The number of hydrogen-bond donors (Lipinski definition) is 2. The van der Waals surface area contributed by atoms with E-state index >= 15 is 0 Å². The molecule has 4 nitrogen and oxygen atoms in total. The number of ether oxygens (including phenoxy) is 1. The quantitative estimate of drug-likeness (QED) is 0.779. The summed E-state index contributed by atoms with van der Waals surface area (Å²) in [5.41, 5.74) is 0.732. The largest absolute Gasteiger partial charge is 0.507 e. The minimum Gasteiger partial charge on any atom is -0.507 e. The van der Waals surface area contributed by atoms with Gasteiger partial charge in [0.05, 0.1) is 18.7 Å². The van der Waals surface area contributed by atoms with Crippen molar-refractivity contribution < 1.29 is 9.84 Å². The lowest BCUT2D eigenvalue weighted by Gasteiger charge is -2.08. The second-order valence-corrected chi connectivity index (χ2v) is 3.27. The summed E-state index contributed by atoms with van der Waals surface area (Å²) in [5, 5.41) is 12.9. The third kappa shape index (κ3) is 2.03. The number of aromatic hydroxyl groups is 1. The number of aliphatic imine (C=N–C) groups is 1. The summed E-state index contributed by atoms with van der Waals surface area (Å²) in [6, 6.07) is 5.26. The standard InChI is InChI=1S/C11H14N2O2/c1-2-15-8-3-4-9(10(14)7-8)11-12-5-6-13-11/h3-4,7,14H,2,5-6H2,1H3,(H,12,13). The van der Waals surface area contributed by atoms with Crippen molar-refractivity contribution in [3.05, 3.63) is 23.8 Å². The molecule has 1 aliphatic heterocycles. The van der Waals surface area contributed by atoms with Crippen molar-refractivity contribution in [2.75, 3.05) is 19.7 Å². The predicted molar refractivity (Wildman–Crippen MR) is 58.7 cm³/mol. The van der Waals surface area contributed by atoms with Gasteiger partial charge in [-0.1, -0.05) is 0 Å². The smallest absolute Gasteiger partial charge is 0.132 e. The molecule has 0 unspecified atom stereocenters. The Labute approximate surface area is 88.6 Å². The van der Waals surface area contributed by atoms with E-state index in [1.54, 1.807) is 6.07 Å². The first kappa shape index (κ1) is 9.83. The van der Waals surface area contributed by atoms with Crippen molar-refractivity contribution in [2.24, 2.45) is 4.99 Å². The molecule has 0 aliphatic carbocycles. The lowest BCUT2D eigenvalue weighted by molar-refractivity contribution is 0.337. The topological polar surface area (TPSA) is 53.8 Å². The van der Waals surface area contributed by atoms with Gasteiger partial charge in [-0.2, -0.15) is 0 Å². The number of nitrogens with zero attached hydrogens (tertiary/aromatic N) is 1. The van der Waals surface area contributed by atoms with Crippen LogP contribution >= 0.6 is 0 Å². The molecule has 1 heterocycles. The fourth-order valence-corrected chi connectivity index (χ4v) is 1.55. The molecule has 15 heavy (non-hydrogen) atoms. The van der Waals surface area contributed by atoms with Crippen molar-refractivity contribution >= 4 is 5.84 Å². The highest BCUT2D eigenvalue weighted by atomic mass is 16.5. The highest BCUT2D eigenvalue weighted by Gasteiger charge is 2.12. The second-order valence-electron chi connectivity index (χ2n) is 3.27. The molecule has 1 aromatic rings. The fraction of sp³-hybridized carbons (Fsp3) is 0.364. The van der Waals surface area contributed by atoms with Gasteiger partial charge < -0.3 is 15.2 Å². The van der Waals surface area contributed by atoms with Gasteiger partial charge in [-0.25, -0.2) is 0 Å². The molecule has 2 N–H and O–H groups in total. The zero-order chi connectivity index (χ0) is 10.7. The molecule has 0 saturated carbocycles. The number of benzene rings is 1. The van der Waals surface area contributed by atoms with E-state index < -0.39 is 0 Å². The van der Waals surface area contributed by atoms with E-state index in [2.05, 4.69) is 10.3 Å². The van der Waals surface area contributed by atoms with Crippen LogP contribution in [0, 0.1) is 0 Å². The normalized spacial score (nSPS) is 14.6. The molecule has 1 aromatic carbocycles. The zero-order valence-corrected chi connectivity index (χ0v) is 8.66. The average molecular weight is 206 g/mol. The van der Waals surface area contributed by atoms with Crippen LogP contribution in [0.3, 0.4) is 0 Å². The van der Waals surface area contributed by atoms with Gasteiger partial charge in [0.2, 0.25) is 0 Å². The molecule has 80 valence electrons. The Morgan fingerprint density at radius 3 is 3.00 bits per heavy atom. The third-order valence-corrected chi connectivity index (χ3v) is 2.21. The Morgan fingerprint density at radius 2 is 2.40 bits per heavy atom. The first-order valence-electron chi connectivity index (χ1n) is 5.05. The molecule has 0 saturated heterocycles. The highest BCUT2D eigenvalue weighted by Crippen LogP contribution is 2.24. The molecular formula is C11H14N2O2. The SMILES string of the molecule is CCOc1ccc(C2=NCCN2)c(O)c1. The van der Waals surface area contributed by atoms with Crippen molar-refractivity contribution in [3.8, 4) is 11.5 Å². The van der Waals surface area contributed by atoms with Gasteiger partial charge in [-0.3, -0.25) is 4.99 Å². The summed E-state index contributed by atoms with van der Waals surface area (Å²) in [5.74, 6) is 1.64. The number of hydrogen-bond acceptors (Lipinski definition) is 4. The van der Waals surface area contributed by atoms with Crippen molar-refractivity contribution in [1.82, 2.24) is 5.32 Å². The predicted octanol–water partition coefficient (Wildman–Crippen LogP) is 1.14. The van der Waals surface area contributed by atoms with E-state index in [0.29, 0.717) is 12.4 Å². The number of nitrogens with one attached hydrogen (secondary N) is 1. The average Bonchev–Trinajstić information content (AvgIpc) is 2.71. The molecule has 0 spiro atoms. The van der Waals surface area contributed by atoms with Crippen molar-refractivity contribution in [3.63, 3.8) is 0 Å². The zero-order valence-electron chi connectivity index (χ0n) is 8.66. The number of amidine groups is 1. The van der Waals surface area contributed by atoms with Crippen LogP contribution in [0.15, 0.2) is 23.2 Å². The molecule has 0 radical (unpaired) electrons. The Kier molecular flexibility index (Phi) is 2.76. The van der Waals surface area contributed by atoms with E-state index in [-0.39, 0.29) is 5.75 Å². The van der Waals surface area contributed by atoms with Gasteiger partial charge in [-0.15, -0.1) is 0 Å². The first-order valence-corrected chi connectivity index (χ1v) is 5.05. The van der Waals surface area contributed by atoms with E-state index in [4.69, 9.17) is 4.74 Å². The molecule has 0 atom stereocenters. The molecule has 0 amide bonds. The Balaban J connectivity index is 2.26. The van der Waals surface area contributed by atoms with Crippen molar-refractivity contribution in [1.29, 1.82) is 0 Å². The summed E-state index contributed by atoms with van der Waals surface area (Å²) in [6.45, 7) is 4.11. The number of phenolic OH excluding ortho intramolecular Hbond substituents is 1. The van der Waals surface area contributed by atoms with Crippen molar-refractivity contribution in [2.45, 2.75) is 6.92 Å². The highest BCUT2D eigenvalue weighted by molar-refractivity contribution is 6.02. The maximum Gasteiger partial charge on any atom is 0.132 e. The Hall–Kier alpha value is -1.71. The molecule has 1 aliphatic rings. The molecular weight excluding hydrogens is 192 g/mol. The maximum atomic E-state index is 9.78. The summed E-state index contributed by atoms with van der Waals surface area (Å²) in [4.78, 5) is 4.25. The van der Waals surface area contributed by atoms with Gasteiger partial charge in [0, 0.05) is 12.6 Å². The lowest BCUT2D eigenvalue weighted by atomic mass is 10.1. The summed E-state index contributed by atoms with van der Waals surface area (Å²) in [6.07, 6.45) is 0. The number of phenols is 1. The van der Waals surface area contributed by atoms with Gasteiger partial charge >= 0.3 is 0 Å². The summed E-state index contributed by atoms with van der Waals surface area (Å²) >= 11 is 0. The van der Waals surface area contributed by atoms with Gasteiger partial charge in [0.15, 0.2) is 0 Å². The number of rotatable bonds is 3. The van der Waals surface area contributed by atoms with Gasteiger partial charge in [-0.05, 0) is 19.1 Å². The van der Waals surface area contributed by atoms with Crippen LogP contribution in [0.5, 0.6) is 11.5 Å². The van der Waals surface area contributed by atoms with E-state index in [9.17, 15) is 5.11 Å². The van der Waals surface area contributed by atoms with Crippen LogP contribution in [0.2, 0.25) is 0 Å². The van der Waals surface area contributed by atoms with E-state index in [1.165, 1.54) is 0 Å². The first-order chi connectivity index (χ1) is 7.31. The van der Waals surface area contributed by atoms with Crippen LogP contribution < -0.4 is 10.1 Å². The summed E-state index contributed by atoms with van der Waals surface area (Å²) < 4.78 is 5.28. The molecule has 2 rings (SSSR count). The summed E-state index contributed by atoms with van der Waals surface area (Å²) in [7, 11) is 0. The van der Waals surface area contributed by atoms with E-state index in [0.717, 1.165) is 24.5 Å².